The van der Waals surface area contributed by atoms with Crippen molar-refractivity contribution in [2.45, 2.75) is 38.1 Å². The van der Waals surface area contributed by atoms with Gasteiger partial charge in [0.25, 0.3) is 0 Å². The van der Waals surface area contributed by atoms with Gasteiger partial charge in [-0.1, -0.05) is 13.8 Å². The summed E-state index contributed by atoms with van der Waals surface area (Å²) >= 11 is 0. The van der Waals surface area contributed by atoms with Crippen LogP contribution < -0.4 is 5.73 Å². The fraction of sp³-hybridized carbons (Fsp3) is 0.562. The fourth-order valence-corrected chi connectivity index (χ4v) is 4.53. The molecule has 0 spiro atoms. The zero-order chi connectivity index (χ0) is 17.4. The van der Waals surface area contributed by atoms with Crippen molar-refractivity contribution in [3.8, 4) is 0 Å². The van der Waals surface area contributed by atoms with Crippen molar-refractivity contribution in [2.24, 2.45) is 11.1 Å². The first-order valence-electron chi connectivity index (χ1n) is 7.54. The van der Waals surface area contributed by atoms with E-state index in [1.165, 1.54) is 29.6 Å². The van der Waals surface area contributed by atoms with E-state index in [1.807, 2.05) is 13.8 Å². The third-order valence-electron chi connectivity index (χ3n) is 4.52. The summed E-state index contributed by atoms with van der Waals surface area (Å²) in [6.07, 6.45) is 0.630. The molecule has 0 radical (unpaired) electrons. The Labute approximate surface area is 137 Å². The van der Waals surface area contributed by atoms with Gasteiger partial charge in [-0.15, -0.1) is 0 Å². The molecule has 7 heteroatoms. The lowest BCUT2D eigenvalue weighted by Gasteiger charge is -2.41. The molecule has 6 nitrogen and oxygen atoms in total. The van der Waals surface area contributed by atoms with Gasteiger partial charge >= 0.3 is 5.97 Å². The lowest BCUT2D eigenvalue weighted by Crippen LogP contribution is -2.53. The Bertz CT molecular complexity index is 713. The van der Waals surface area contributed by atoms with Crippen LogP contribution in [-0.2, 0) is 14.8 Å². The zero-order valence-corrected chi connectivity index (χ0v) is 14.8. The molecule has 1 aliphatic heterocycles. The first kappa shape index (κ1) is 17.9. The average Bonchev–Trinajstić information content (AvgIpc) is 2.48. The van der Waals surface area contributed by atoms with Crippen LogP contribution in [0.3, 0.4) is 0 Å². The molecule has 1 heterocycles. The lowest BCUT2D eigenvalue weighted by molar-refractivity contribution is 0.0600. The predicted molar refractivity (Wildman–Crippen MR) is 87.7 cm³/mol. The fourth-order valence-electron chi connectivity index (χ4n) is 2.81. The second kappa shape index (κ2) is 6.22. The number of sulfonamides is 1. The van der Waals surface area contributed by atoms with E-state index in [4.69, 9.17) is 5.73 Å². The number of carbonyl (C=O) groups is 1. The maximum atomic E-state index is 12.9. The van der Waals surface area contributed by atoms with Crippen LogP contribution in [0.4, 0.5) is 0 Å². The molecule has 1 unspecified atom stereocenters. The third kappa shape index (κ3) is 3.41. The maximum absolute atomic E-state index is 12.9. The molecule has 1 fully saturated rings. The van der Waals surface area contributed by atoms with Crippen LogP contribution in [0.25, 0.3) is 0 Å². The van der Waals surface area contributed by atoms with Crippen LogP contribution in [0, 0.1) is 12.3 Å². The largest absolute Gasteiger partial charge is 0.465 e. The smallest absolute Gasteiger partial charge is 0.338 e. The molecule has 1 aliphatic rings. The second-order valence-electron chi connectivity index (χ2n) is 6.69. The van der Waals surface area contributed by atoms with Gasteiger partial charge in [0.1, 0.15) is 0 Å². The van der Waals surface area contributed by atoms with Gasteiger partial charge in [-0.25, -0.2) is 13.2 Å². The van der Waals surface area contributed by atoms with Crippen LogP contribution in [0.5, 0.6) is 0 Å². The molecule has 0 aliphatic carbocycles. The highest BCUT2D eigenvalue weighted by Crippen LogP contribution is 2.31. The monoisotopic (exact) mass is 340 g/mol. The van der Waals surface area contributed by atoms with E-state index in [9.17, 15) is 13.2 Å². The molecule has 23 heavy (non-hydrogen) atoms. The Morgan fingerprint density at radius 1 is 1.39 bits per heavy atom. The number of nitrogens with two attached hydrogens (primary N) is 1. The summed E-state index contributed by atoms with van der Waals surface area (Å²) in [7, 11) is -2.31. The molecule has 0 saturated carbocycles. The molecule has 1 aromatic rings. The molecular formula is C16H24N2O4S. The summed E-state index contributed by atoms with van der Waals surface area (Å²) in [5, 5.41) is 0. The standard InChI is InChI=1S/C16H24N2O4S/c1-11-9-12(5-6-13(11)15(19)22-4)23(20,21)18-8-7-14(17)16(2,3)10-18/h5-6,9,14H,7-8,10,17H2,1-4H3. The highest BCUT2D eigenvalue weighted by molar-refractivity contribution is 7.89. The molecule has 1 saturated heterocycles. The van der Waals surface area contributed by atoms with Crippen molar-refractivity contribution in [1.29, 1.82) is 0 Å². The van der Waals surface area contributed by atoms with E-state index in [0.29, 0.717) is 30.6 Å². The van der Waals surface area contributed by atoms with Crippen LogP contribution >= 0.6 is 0 Å². The number of piperidine rings is 1. The third-order valence-corrected chi connectivity index (χ3v) is 6.36. The maximum Gasteiger partial charge on any atom is 0.338 e. The molecule has 0 amide bonds. The van der Waals surface area contributed by atoms with Gasteiger partial charge in [0, 0.05) is 19.1 Å². The van der Waals surface area contributed by atoms with E-state index in [2.05, 4.69) is 4.74 Å². The highest BCUT2D eigenvalue weighted by Gasteiger charge is 2.38. The van der Waals surface area contributed by atoms with E-state index in [1.54, 1.807) is 6.92 Å². The number of hydrogen-bond acceptors (Lipinski definition) is 5. The van der Waals surface area contributed by atoms with Gasteiger partial charge in [-0.05, 0) is 42.5 Å². The number of carbonyl (C=O) groups excluding carboxylic acids is 1. The number of ether oxygens (including phenoxy) is 1. The lowest BCUT2D eigenvalue weighted by atomic mass is 9.81. The number of nitrogens with zero attached hydrogens (tertiary/aromatic N) is 1. The SMILES string of the molecule is COC(=O)c1ccc(S(=O)(=O)N2CCC(N)C(C)(C)C2)cc1C. The Balaban J connectivity index is 2.34. The summed E-state index contributed by atoms with van der Waals surface area (Å²) in [5.41, 5.74) is 6.75. The van der Waals surface area contributed by atoms with Crippen LogP contribution in [0.1, 0.15) is 36.2 Å². The molecule has 2 N–H and O–H groups in total. The summed E-state index contributed by atoms with van der Waals surface area (Å²) in [6.45, 7) is 6.44. The van der Waals surface area contributed by atoms with Gasteiger partial charge in [0.2, 0.25) is 10.0 Å². The highest BCUT2D eigenvalue weighted by atomic mass is 32.2. The first-order valence-corrected chi connectivity index (χ1v) is 8.98. The van der Waals surface area contributed by atoms with Gasteiger partial charge < -0.3 is 10.5 Å². The normalized spacial score (nSPS) is 21.9. The van der Waals surface area contributed by atoms with Crippen LogP contribution in [0.15, 0.2) is 23.1 Å². The van der Waals surface area contributed by atoms with Crippen molar-refractivity contribution in [1.82, 2.24) is 4.31 Å². The second-order valence-corrected chi connectivity index (χ2v) is 8.63. The minimum Gasteiger partial charge on any atom is -0.465 e. The molecular weight excluding hydrogens is 316 g/mol. The molecule has 0 bridgehead atoms. The Hall–Kier alpha value is -1.44. The van der Waals surface area contributed by atoms with Crippen LogP contribution in [-0.4, -0.2) is 44.9 Å². The summed E-state index contributed by atoms with van der Waals surface area (Å²) in [5.74, 6) is -0.475. The summed E-state index contributed by atoms with van der Waals surface area (Å²) in [6, 6.07) is 4.45. The minimum atomic E-state index is -3.60. The van der Waals surface area contributed by atoms with Gasteiger partial charge in [-0.3, -0.25) is 0 Å². The molecule has 1 aromatic carbocycles. The molecule has 0 aromatic heterocycles. The Kier molecular flexibility index (Phi) is 4.84. The van der Waals surface area contributed by atoms with Crippen molar-refractivity contribution in [2.75, 3.05) is 20.2 Å². The van der Waals surface area contributed by atoms with Crippen LogP contribution in [0.2, 0.25) is 0 Å². The Morgan fingerprint density at radius 2 is 2.04 bits per heavy atom. The predicted octanol–water partition coefficient (Wildman–Crippen LogP) is 1.53. The number of esters is 1. The van der Waals surface area contributed by atoms with Gasteiger partial charge in [-0.2, -0.15) is 4.31 Å². The van der Waals surface area contributed by atoms with Crippen molar-refractivity contribution in [3.05, 3.63) is 29.3 Å². The van der Waals surface area contributed by atoms with Gasteiger partial charge in [0.15, 0.2) is 0 Å². The number of aryl methyl sites for hydroxylation is 1. The van der Waals surface area contributed by atoms with Crippen molar-refractivity contribution >= 4 is 16.0 Å². The van der Waals surface area contributed by atoms with Crippen molar-refractivity contribution in [3.63, 3.8) is 0 Å². The number of hydrogen-bond donors (Lipinski definition) is 1. The first-order chi connectivity index (χ1) is 10.6. The number of rotatable bonds is 3. The number of benzene rings is 1. The van der Waals surface area contributed by atoms with E-state index in [-0.39, 0.29) is 16.4 Å². The molecule has 128 valence electrons. The molecule has 2 rings (SSSR count). The van der Waals surface area contributed by atoms with Gasteiger partial charge in [0.05, 0.1) is 17.6 Å². The van der Waals surface area contributed by atoms with E-state index < -0.39 is 16.0 Å². The zero-order valence-electron chi connectivity index (χ0n) is 14.0. The quantitative estimate of drug-likeness (QED) is 0.843. The minimum absolute atomic E-state index is 0.0163. The average molecular weight is 340 g/mol. The topological polar surface area (TPSA) is 89.7 Å². The van der Waals surface area contributed by atoms with Crippen molar-refractivity contribution < 1.29 is 17.9 Å². The summed E-state index contributed by atoms with van der Waals surface area (Å²) < 4.78 is 31.9. The Morgan fingerprint density at radius 3 is 2.57 bits per heavy atom. The number of methoxy groups -OCH3 is 1. The van der Waals surface area contributed by atoms with E-state index in [0.717, 1.165) is 0 Å². The summed E-state index contributed by atoms with van der Waals surface area (Å²) in [4.78, 5) is 11.8. The van der Waals surface area contributed by atoms with E-state index >= 15 is 0 Å². The molecule has 1 atom stereocenters.